The smallest absolute Gasteiger partial charge is 0.248 e. The van der Waals surface area contributed by atoms with E-state index in [1.807, 2.05) is 0 Å². The van der Waals surface area contributed by atoms with Gasteiger partial charge in [-0.1, -0.05) is 11.6 Å². The second kappa shape index (κ2) is 6.19. The van der Waals surface area contributed by atoms with Gasteiger partial charge in [0.2, 0.25) is 5.91 Å². The van der Waals surface area contributed by atoms with Crippen LogP contribution in [0.4, 0.5) is 5.69 Å². The first-order valence-corrected chi connectivity index (χ1v) is 6.60. The number of anilines is 1. The van der Waals surface area contributed by atoms with E-state index in [2.05, 4.69) is 16.2 Å². The van der Waals surface area contributed by atoms with Gasteiger partial charge in [-0.2, -0.15) is 0 Å². The minimum atomic E-state index is -0.238. The Morgan fingerprint density at radius 2 is 2.16 bits per heavy atom. The number of carbonyl (C=O) groups excluding carboxylic acids is 1. The number of nitrogens with one attached hydrogen (secondary N) is 1. The molecule has 94 valence electrons. The third-order valence-electron chi connectivity index (χ3n) is 2.16. The Bertz CT molecular complexity index is 653. The molecule has 1 heterocycles. The molecule has 0 aliphatic carbocycles. The zero-order valence-corrected chi connectivity index (χ0v) is 11.3. The summed E-state index contributed by atoms with van der Waals surface area (Å²) in [5.74, 6) is 2.20. The molecule has 19 heavy (non-hydrogen) atoms. The first kappa shape index (κ1) is 13.3. The fourth-order valence-corrected chi connectivity index (χ4v) is 2.02. The van der Waals surface area contributed by atoms with E-state index in [4.69, 9.17) is 18.0 Å². The molecule has 1 amide bonds. The SMILES string of the molecule is C#Cc1nc(/C=C/C(=O)Nc2ccc(Cl)cc2)cs1. The van der Waals surface area contributed by atoms with E-state index in [9.17, 15) is 4.79 Å². The molecular weight excluding hydrogens is 280 g/mol. The average molecular weight is 289 g/mol. The predicted octanol–water partition coefficient (Wildman–Crippen LogP) is 3.43. The van der Waals surface area contributed by atoms with E-state index in [0.717, 1.165) is 0 Å². The maximum absolute atomic E-state index is 11.7. The number of aromatic nitrogens is 1. The van der Waals surface area contributed by atoms with Gasteiger partial charge in [-0.15, -0.1) is 17.8 Å². The van der Waals surface area contributed by atoms with Crippen molar-refractivity contribution >= 4 is 40.6 Å². The summed E-state index contributed by atoms with van der Waals surface area (Å²) in [5, 5.41) is 5.72. The molecule has 5 heteroatoms. The largest absolute Gasteiger partial charge is 0.323 e. The number of halogens is 1. The van der Waals surface area contributed by atoms with Crippen LogP contribution in [0.25, 0.3) is 6.08 Å². The van der Waals surface area contributed by atoms with Crippen molar-refractivity contribution in [1.29, 1.82) is 0 Å². The second-order valence-electron chi connectivity index (χ2n) is 3.55. The number of terminal acetylenes is 1. The summed E-state index contributed by atoms with van der Waals surface area (Å²) in [7, 11) is 0. The van der Waals surface area contributed by atoms with Gasteiger partial charge < -0.3 is 5.32 Å². The number of carbonyl (C=O) groups is 1. The number of thiazole rings is 1. The highest BCUT2D eigenvalue weighted by molar-refractivity contribution is 7.10. The Hall–Kier alpha value is -2.09. The van der Waals surface area contributed by atoms with Crippen LogP contribution in [-0.4, -0.2) is 10.9 Å². The number of benzene rings is 1. The molecular formula is C14H9ClN2OS. The van der Waals surface area contributed by atoms with E-state index in [1.54, 1.807) is 35.7 Å². The summed E-state index contributed by atoms with van der Waals surface area (Å²) in [6.45, 7) is 0. The minimum Gasteiger partial charge on any atom is -0.323 e. The van der Waals surface area contributed by atoms with Crippen LogP contribution in [0.15, 0.2) is 35.7 Å². The van der Waals surface area contributed by atoms with E-state index < -0.39 is 0 Å². The van der Waals surface area contributed by atoms with Crippen molar-refractivity contribution in [1.82, 2.24) is 4.98 Å². The first-order valence-electron chi connectivity index (χ1n) is 5.34. The zero-order chi connectivity index (χ0) is 13.7. The summed E-state index contributed by atoms with van der Waals surface area (Å²) in [6.07, 6.45) is 8.24. The van der Waals surface area contributed by atoms with E-state index >= 15 is 0 Å². The second-order valence-corrected chi connectivity index (χ2v) is 4.85. The normalized spacial score (nSPS) is 10.3. The predicted molar refractivity (Wildman–Crippen MR) is 79.2 cm³/mol. The maximum atomic E-state index is 11.7. The van der Waals surface area contributed by atoms with Gasteiger partial charge in [-0.3, -0.25) is 4.79 Å². The first-order chi connectivity index (χ1) is 9.17. The molecule has 0 aliphatic heterocycles. The summed E-state index contributed by atoms with van der Waals surface area (Å²) < 4.78 is 0. The lowest BCUT2D eigenvalue weighted by Gasteiger charge is -2.01. The van der Waals surface area contributed by atoms with Crippen molar-refractivity contribution in [2.75, 3.05) is 5.32 Å². The molecule has 0 unspecified atom stereocenters. The third kappa shape index (κ3) is 3.95. The molecule has 3 nitrogen and oxygen atoms in total. The molecule has 2 rings (SSSR count). The fraction of sp³-hybridized carbons (Fsp3) is 0. The molecule has 0 atom stereocenters. The number of amides is 1. The lowest BCUT2D eigenvalue weighted by molar-refractivity contribution is -0.111. The van der Waals surface area contributed by atoms with Crippen molar-refractivity contribution in [3.05, 3.63) is 51.4 Å². The van der Waals surface area contributed by atoms with Gasteiger partial charge in [0.15, 0.2) is 5.01 Å². The quantitative estimate of drug-likeness (QED) is 0.694. The van der Waals surface area contributed by atoms with Crippen LogP contribution in [0.1, 0.15) is 10.7 Å². The van der Waals surface area contributed by atoms with Crippen molar-refractivity contribution in [2.45, 2.75) is 0 Å². The van der Waals surface area contributed by atoms with Crippen LogP contribution in [-0.2, 0) is 4.79 Å². The van der Waals surface area contributed by atoms with Crippen molar-refractivity contribution in [3.8, 4) is 12.3 Å². The molecule has 0 radical (unpaired) electrons. The van der Waals surface area contributed by atoms with Gasteiger partial charge in [0.05, 0.1) is 5.69 Å². The maximum Gasteiger partial charge on any atom is 0.248 e. The Balaban J connectivity index is 1.97. The highest BCUT2D eigenvalue weighted by Crippen LogP contribution is 2.13. The molecule has 1 aromatic carbocycles. The molecule has 0 spiro atoms. The fourth-order valence-electron chi connectivity index (χ4n) is 1.31. The Morgan fingerprint density at radius 1 is 1.42 bits per heavy atom. The van der Waals surface area contributed by atoms with Crippen LogP contribution in [0.5, 0.6) is 0 Å². The monoisotopic (exact) mass is 288 g/mol. The minimum absolute atomic E-state index is 0.238. The number of nitrogens with zero attached hydrogens (tertiary/aromatic N) is 1. The van der Waals surface area contributed by atoms with E-state index in [-0.39, 0.29) is 5.91 Å². The zero-order valence-electron chi connectivity index (χ0n) is 9.76. The number of hydrogen-bond acceptors (Lipinski definition) is 3. The van der Waals surface area contributed by atoms with Gasteiger partial charge in [0, 0.05) is 22.2 Å². The van der Waals surface area contributed by atoms with Crippen molar-refractivity contribution in [2.24, 2.45) is 0 Å². The van der Waals surface area contributed by atoms with E-state index in [0.29, 0.717) is 21.4 Å². The third-order valence-corrected chi connectivity index (χ3v) is 3.21. The Kier molecular flexibility index (Phi) is 4.35. The van der Waals surface area contributed by atoms with Crippen LogP contribution >= 0.6 is 22.9 Å². The van der Waals surface area contributed by atoms with Gasteiger partial charge in [-0.05, 0) is 36.3 Å². The Labute approximate surface area is 119 Å². The molecule has 0 fully saturated rings. The molecule has 0 saturated carbocycles. The van der Waals surface area contributed by atoms with Crippen LogP contribution in [0.2, 0.25) is 5.02 Å². The summed E-state index contributed by atoms with van der Waals surface area (Å²) in [6, 6.07) is 6.88. The van der Waals surface area contributed by atoms with Crippen LogP contribution < -0.4 is 5.32 Å². The van der Waals surface area contributed by atoms with Crippen molar-refractivity contribution < 1.29 is 4.79 Å². The molecule has 2 aromatic rings. The van der Waals surface area contributed by atoms with Crippen LogP contribution in [0.3, 0.4) is 0 Å². The number of rotatable bonds is 3. The van der Waals surface area contributed by atoms with Gasteiger partial charge in [0.25, 0.3) is 0 Å². The molecule has 1 aromatic heterocycles. The van der Waals surface area contributed by atoms with Gasteiger partial charge in [-0.25, -0.2) is 4.98 Å². The molecule has 0 saturated heterocycles. The number of hydrogen-bond donors (Lipinski definition) is 1. The molecule has 0 bridgehead atoms. The Morgan fingerprint density at radius 3 is 2.79 bits per heavy atom. The van der Waals surface area contributed by atoms with Crippen LogP contribution in [0, 0.1) is 12.3 Å². The standard InChI is InChI=1S/C14H9ClN2OS/c1-2-14-17-12(9-19-14)7-8-13(18)16-11-5-3-10(15)4-6-11/h1,3-9H,(H,16,18)/b8-7+. The average Bonchev–Trinajstić information content (AvgIpc) is 2.87. The summed E-state index contributed by atoms with van der Waals surface area (Å²) in [5.41, 5.74) is 1.35. The topological polar surface area (TPSA) is 42.0 Å². The summed E-state index contributed by atoms with van der Waals surface area (Å²) in [4.78, 5) is 15.8. The van der Waals surface area contributed by atoms with E-state index in [1.165, 1.54) is 17.4 Å². The summed E-state index contributed by atoms with van der Waals surface area (Å²) >= 11 is 7.12. The van der Waals surface area contributed by atoms with Gasteiger partial charge in [0.1, 0.15) is 0 Å². The molecule has 0 aliphatic rings. The van der Waals surface area contributed by atoms with Crippen molar-refractivity contribution in [3.63, 3.8) is 0 Å². The lowest BCUT2D eigenvalue weighted by Crippen LogP contribution is -2.07. The highest BCUT2D eigenvalue weighted by Gasteiger charge is 1.99. The van der Waals surface area contributed by atoms with Gasteiger partial charge >= 0.3 is 0 Å². The molecule has 1 N–H and O–H groups in total. The lowest BCUT2D eigenvalue weighted by atomic mass is 10.3. The highest BCUT2D eigenvalue weighted by atomic mass is 35.5.